The molecule has 0 nitrogen and oxygen atoms in total. The summed E-state index contributed by atoms with van der Waals surface area (Å²) in [7, 11) is 0. The van der Waals surface area contributed by atoms with E-state index < -0.39 is 23.3 Å². The van der Waals surface area contributed by atoms with Crippen molar-refractivity contribution >= 4 is 10.8 Å². The van der Waals surface area contributed by atoms with Gasteiger partial charge in [-0.3, -0.25) is 0 Å². The third-order valence-corrected chi connectivity index (χ3v) is 6.51. The smallest absolute Gasteiger partial charge is 0.167 e. The normalized spacial score (nSPS) is 13.7. The molecular weight excluding hydrogens is 412 g/mol. The minimum atomic E-state index is -1.07. The maximum Gasteiger partial charge on any atom is 0.167 e. The largest absolute Gasteiger partial charge is 0.206 e. The summed E-state index contributed by atoms with van der Waals surface area (Å²) in [5, 5.41) is 0.735. The van der Waals surface area contributed by atoms with Gasteiger partial charge >= 0.3 is 0 Å². The maximum atomic E-state index is 15.2. The molecule has 0 aliphatic heterocycles. The van der Waals surface area contributed by atoms with Crippen LogP contribution in [0, 0.1) is 30.2 Å². The van der Waals surface area contributed by atoms with Crippen LogP contribution in [-0.4, -0.2) is 0 Å². The summed E-state index contributed by atoms with van der Waals surface area (Å²) in [6, 6.07) is 14.4. The third kappa shape index (κ3) is 3.38. The van der Waals surface area contributed by atoms with Crippen molar-refractivity contribution in [3.05, 3.63) is 94.6 Å². The van der Waals surface area contributed by atoms with Gasteiger partial charge in [0.05, 0.1) is 0 Å². The van der Waals surface area contributed by atoms with Crippen LogP contribution in [0.3, 0.4) is 0 Å². The molecule has 162 valence electrons. The van der Waals surface area contributed by atoms with Gasteiger partial charge in [0.15, 0.2) is 11.6 Å². The van der Waals surface area contributed by atoms with Crippen molar-refractivity contribution < 1.29 is 17.6 Å². The minimum absolute atomic E-state index is 0.0425. The molecule has 0 aromatic heterocycles. The van der Waals surface area contributed by atoms with Gasteiger partial charge in [-0.25, -0.2) is 17.6 Å². The third-order valence-electron chi connectivity index (χ3n) is 6.51. The lowest BCUT2D eigenvalue weighted by molar-refractivity contribution is 0.518. The zero-order valence-electron chi connectivity index (χ0n) is 17.9. The van der Waals surface area contributed by atoms with Gasteiger partial charge in [0.1, 0.15) is 11.6 Å². The molecule has 0 unspecified atom stereocenters. The number of benzene rings is 4. The summed E-state index contributed by atoms with van der Waals surface area (Å²) in [5.41, 5.74) is 2.82. The predicted octanol–water partition coefficient (Wildman–Crippen LogP) is 8.48. The monoisotopic (exact) mass is 434 g/mol. The van der Waals surface area contributed by atoms with Crippen molar-refractivity contribution in [1.82, 2.24) is 0 Å². The average molecular weight is 434 g/mol. The van der Waals surface area contributed by atoms with Gasteiger partial charge < -0.3 is 0 Å². The van der Waals surface area contributed by atoms with Crippen molar-refractivity contribution in [3.63, 3.8) is 0 Å². The highest BCUT2D eigenvalue weighted by atomic mass is 19.2. The highest BCUT2D eigenvalue weighted by molar-refractivity contribution is 5.93. The van der Waals surface area contributed by atoms with Crippen LogP contribution in [-0.2, 0) is 6.42 Å². The first kappa shape index (κ1) is 20.7. The molecule has 4 aromatic rings. The fourth-order valence-corrected chi connectivity index (χ4v) is 4.49. The van der Waals surface area contributed by atoms with Gasteiger partial charge in [-0.05, 0) is 77.9 Å². The Morgan fingerprint density at radius 1 is 0.750 bits per heavy atom. The topological polar surface area (TPSA) is 0 Å². The summed E-state index contributed by atoms with van der Waals surface area (Å²) in [6.45, 7) is 3.60. The number of rotatable bonds is 4. The Bertz CT molecular complexity index is 1370. The molecule has 0 spiro atoms. The Hall–Kier alpha value is -3.14. The summed E-state index contributed by atoms with van der Waals surface area (Å²) in [5.74, 6) is -2.78. The van der Waals surface area contributed by atoms with Crippen LogP contribution < -0.4 is 0 Å². The predicted molar refractivity (Wildman–Crippen MR) is 121 cm³/mol. The number of hydrogen-bond acceptors (Lipinski definition) is 0. The molecule has 1 aliphatic rings. The molecule has 4 heteroatoms. The number of hydrogen-bond donors (Lipinski definition) is 0. The van der Waals surface area contributed by atoms with E-state index in [-0.39, 0.29) is 22.1 Å². The lowest BCUT2D eigenvalue weighted by Gasteiger charge is -2.15. The molecular formula is C28H22F4. The zero-order valence-corrected chi connectivity index (χ0v) is 17.9. The maximum absolute atomic E-state index is 15.2. The van der Waals surface area contributed by atoms with Crippen LogP contribution in [0.2, 0.25) is 0 Å². The molecule has 32 heavy (non-hydrogen) atoms. The van der Waals surface area contributed by atoms with Gasteiger partial charge in [0.2, 0.25) is 0 Å². The average Bonchev–Trinajstić information content (AvgIpc) is 3.64. The zero-order chi connectivity index (χ0) is 22.6. The minimum Gasteiger partial charge on any atom is -0.206 e. The first-order valence-corrected chi connectivity index (χ1v) is 10.9. The van der Waals surface area contributed by atoms with E-state index in [4.69, 9.17) is 0 Å². The Morgan fingerprint density at radius 2 is 1.47 bits per heavy atom. The van der Waals surface area contributed by atoms with Gasteiger partial charge in [-0.15, -0.1) is 0 Å². The van der Waals surface area contributed by atoms with Crippen molar-refractivity contribution in [3.8, 4) is 22.3 Å². The molecule has 0 heterocycles. The first-order chi connectivity index (χ1) is 15.4. The van der Waals surface area contributed by atoms with E-state index in [1.807, 2.05) is 19.1 Å². The van der Waals surface area contributed by atoms with Gasteiger partial charge in [0.25, 0.3) is 0 Å². The molecule has 0 bridgehead atoms. The van der Waals surface area contributed by atoms with E-state index in [1.54, 1.807) is 31.2 Å². The lowest BCUT2D eigenvalue weighted by atomic mass is 9.91. The Morgan fingerprint density at radius 3 is 2.12 bits per heavy atom. The molecule has 0 atom stereocenters. The molecule has 5 rings (SSSR count). The second-order valence-corrected chi connectivity index (χ2v) is 8.57. The highest BCUT2D eigenvalue weighted by Gasteiger charge is 2.25. The van der Waals surface area contributed by atoms with Crippen molar-refractivity contribution in [2.45, 2.75) is 39.0 Å². The van der Waals surface area contributed by atoms with Gasteiger partial charge in [-0.2, -0.15) is 0 Å². The summed E-state index contributed by atoms with van der Waals surface area (Å²) in [4.78, 5) is 0. The first-order valence-electron chi connectivity index (χ1n) is 10.9. The van der Waals surface area contributed by atoms with Crippen molar-refractivity contribution in [2.24, 2.45) is 0 Å². The fourth-order valence-electron chi connectivity index (χ4n) is 4.49. The van der Waals surface area contributed by atoms with E-state index in [9.17, 15) is 8.78 Å². The number of halogens is 4. The second kappa shape index (κ2) is 7.77. The van der Waals surface area contributed by atoms with Crippen LogP contribution >= 0.6 is 0 Å². The van der Waals surface area contributed by atoms with Crippen LogP contribution in [0.25, 0.3) is 33.0 Å². The highest BCUT2D eigenvalue weighted by Crippen LogP contribution is 2.42. The number of fused-ring (bicyclic) bond motifs is 1. The Balaban J connectivity index is 1.62. The molecule has 1 aliphatic carbocycles. The van der Waals surface area contributed by atoms with E-state index in [0.717, 1.165) is 24.0 Å². The molecule has 4 aromatic carbocycles. The quantitative estimate of drug-likeness (QED) is 0.283. The van der Waals surface area contributed by atoms with Gasteiger partial charge in [0, 0.05) is 22.1 Å². The van der Waals surface area contributed by atoms with Crippen molar-refractivity contribution in [2.75, 3.05) is 0 Å². The Kier molecular flexibility index (Phi) is 5.04. The van der Waals surface area contributed by atoms with Crippen LogP contribution in [0.1, 0.15) is 42.4 Å². The van der Waals surface area contributed by atoms with E-state index in [0.29, 0.717) is 28.9 Å². The van der Waals surface area contributed by atoms with E-state index in [1.165, 1.54) is 18.2 Å². The standard InChI is InChI=1S/C28H22F4/c1-3-16-4-9-20-15(2)26(28(32)27(31)23(20)12-16)22-11-8-19(14-25(22)30)21-10-7-18(13-24(21)29)17-5-6-17/h4,7-14,17H,3,5-6H2,1-2H3. The van der Waals surface area contributed by atoms with E-state index >= 15 is 8.78 Å². The van der Waals surface area contributed by atoms with Gasteiger partial charge in [-0.1, -0.05) is 43.3 Å². The fraction of sp³-hybridized carbons (Fsp3) is 0.214. The molecule has 0 N–H and O–H groups in total. The van der Waals surface area contributed by atoms with Crippen LogP contribution in [0.15, 0.2) is 54.6 Å². The Labute approximate surface area is 184 Å². The summed E-state index contributed by atoms with van der Waals surface area (Å²) in [6.07, 6.45) is 2.83. The molecule has 0 saturated heterocycles. The number of aryl methyl sites for hydroxylation is 2. The lowest BCUT2D eigenvalue weighted by Crippen LogP contribution is -1.99. The molecule has 0 radical (unpaired) electrons. The van der Waals surface area contributed by atoms with Crippen molar-refractivity contribution in [1.29, 1.82) is 0 Å². The van der Waals surface area contributed by atoms with Crippen LogP contribution in [0.5, 0.6) is 0 Å². The summed E-state index contributed by atoms with van der Waals surface area (Å²) >= 11 is 0. The molecule has 1 saturated carbocycles. The van der Waals surface area contributed by atoms with Crippen LogP contribution in [0.4, 0.5) is 17.6 Å². The molecule has 0 amide bonds. The van der Waals surface area contributed by atoms with E-state index in [2.05, 4.69) is 0 Å². The molecule has 1 fully saturated rings. The summed E-state index contributed by atoms with van der Waals surface area (Å²) < 4.78 is 59.9. The second-order valence-electron chi connectivity index (χ2n) is 8.57. The SMILES string of the molecule is CCc1ccc2c(C)c(-c3ccc(-c4ccc(C5CC5)cc4F)cc3F)c(F)c(F)c2c1.